The van der Waals surface area contributed by atoms with Gasteiger partial charge in [0, 0.05) is 30.2 Å². The highest BCUT2D eigenvalue weighted by molar-refractivity contribution is 5.70. The number of methoxy groups -OCH3 is 2. The molecule has 0 spiro atoms. The van der Waals surface area contributed by atoms with Crippen molar-refractivity contribution in [3.05, 3.63) is 61.2 Å². The molecule has 1 aromatic carbocycles. The molecule has 26 heavy (non-hydrogen) atoms. The topological polar surface area (TPSA) is 73.6 Å². The number of rotatable bonds is 5. The van der Waals surface area contributed by atoms with Crippen LogP contribution in [-0.4, -0.2) is 33.6 Å². The zero-order valence-corrected chi connectivity index (χ0v) is 14.4. The largest absolute Gasteiger partial charge is 0.493 e. The summed E-state index contributed by atoms with van der Waals surface area (Å²) in [4.78, 5) is 13.3. The summed E-state index contributed by atoms with van der Waals surface area (Å²) in [5.74, 6) is 1.97. The fourth-order valence-electron chi connectivity index (χ4n) is 2.72. The standard InChI is InChI=1S/C19H17N5O2/c1-25-16-6-5-13(10-17(16)26-2)15-11-18-21-8-9-24(18)19(23-15)22-14-4-3-7-20-12-14/h3-12H,1-2H3,(H,22,23). The van der Waals surface area contributed by atoms with E-state index >= 15 is 0 Å². The summed E-state index contributed by atoms with van der Waals surface area (Å²) in [5.41, 5.74) is 3.31. The van der Waals surface area contributed by atoms with E-state index in [0.717, 1.165) is 22.6 Å². The molecule has 0 amide bonds. The lowest BCUT2D eigenvalue weighted by atomic mass is 10.1. The molecule has 0 saturated heterocycles. The molecule has 0 unspecified atom stereocenters. The van der Waals surface area contributed by atoms with Gasteiger partial charge in [-0.15, -0.1) is 0 Å². The van der Waals surface area contributed by atoms with Crippen molar-refractivity contribution in [3.8, 4) is 22.8 Å². The van der Waals surface area contributed by atoms with Crippen molar-refractivity contribution >= 4 is 17.3 Å². The molecule has 0 aliphatic carbocycles. The van der Waals surface area contributed by atoms with E-state index in [0.29, 0.717) is 17.4 Å². The summed E-state index contributed by atoms with van der Waals surface area (Å²) in [6.07, 6.45) is 7.07. The summed E-state index contributed by atoms with van der Waals surface area (Å²) in [7, 11) is 3.23. The molecule has 1 N–H and O–H groups in total. The highest BCUT2D eigenvalue weighted by atomic mass is 16.5. The van der Waals surface area contributed by atoms with E-state index in [1.54, 1.807) is 32.8 Å². The maximum atomic E-state index is 5.40. The monoisotopic (exact) mass is 347 g/mol. The van der Waals surface area contributed by atoms with Crippen molar-refractivity contribution in [1.29, 1.82) is 0 Å². The summed E-state index contributed by atoms with van der Waals surface area (Å²) in [6, 6.07) is 11.4. The number of anilines is 2. The number of fused-ring (bicyclic) bond motifs is 1. The molecular weight excluding hydrogens is 330 g/mol. The predicted octanol–water partition coefficient (Wildman–Crippen LogP) is 3.55. The molecule has 7 heteroatoms. The Bertz CT molecular complexity index is 1050. The number of imidazole rings is 1. The summed E-state index contributed by atoms with van der Waals surface area (Å²) in [5, 5.41) is 3.29. The molecule has 0 saturated carbocycles. The van der Waals surface area contributed by atoms with Crippen LogP contribution in [0.4, 0.5) is 11.6 Å². The molecule has 0 fully saturated rings. The maximum Gasteiger partial charge on any atom is 0.213 e. The van der Waals surface area contributed by atoms with Crippen LogP contribution >= 0.6 is 0 Å². The van der Waals surface area contributed by atoms with Crippen molar-refractivity contribution < 1.29 is 9.47 Å². The third-order valence-corrected chi connectivity index (χ3v) is 3.99. The zero-order chi connectivity index (χ0) is 17.9. The van der Waals surface area contributed by atoms with E-state index in [1.807, 2.05) is 47.0 Å². The number of nitrogens with zero attached hydrogens (tertiary/aromatic N) is 4. The smallest absolute Gasteiger partial charge is 0.213 e. The molecular formula is C19H17N5O2. The summed E-state index contributed by atoms with van der Waals surface area (Å²) in [6.45, 7) is 0. The Morgan fingerprint density at radius 1 is 1.00 bits per heavy atom. The van der Waals surface area contributed by atoms with Crippen molar-refractivity contribution in [2.45, 2.75) is 0 Å². The van der Waals surface area contributed by atoms with Gasteiger partial charge in [0.05, 0.1) is 31.8 Å². The van der Waals surface area contributed by atoms with Crippen LogP contribution in [0.15, 0.2) is 61.2 Å². The maximum absolute atomic E-state index is 5.40. The third-order valence-electron chi connectivity index (χ3n) is 3.99. The van der Waals surface area contributed by atoms with E-state index in [9.17, 15) is 0 Å². The lowest BCUT2D eigenvalue weighted by Crippen LogP contribution is -2.02. The van der Waals surface area contributed by atoms with Gasteiger partial charge < -0.3 is 14.8 Å². The molecule has 0 atom stereocenters. The Morgan fingerprint density at radius 3 is 2.65 bits per heavy atom. The van der Waals surface area contributed by atoms with Gasteiger partial charge >= 0.3 is 0 Å². The minimum absolute atomic E-state index is 0.650. The molecule has 0 radical (unpaired) electrons. The molecule has 4 aromatic rings. The van der Waals surface area contributed by atoms with Gasteiger partial charge in [-0.2, -0.15) is 0 Å². The SMILES string of the molecule is COc1ccc(-c2cc3nccn3c(Nc3cccnc3)n2)cc1OC. The van der Waals surface area contributed by atoms with E-state index in [-0.39, 0.29) is 0 Å². The first kappa shape index (κ1) is 15.9. The minimum atomic E-state index is 0.650. The van der Waals surface area contributed by atoms with E-state index in [1.165, 1.54) is 0 Å². The molecule has 3 heterocycles. The first-order valence-electron chi connectivity index (χ1n) is 8.02. The average molecular weight is 347 g/mol. The first-order valence-corrected chi connectivity index (χ1v) is 8.02. The number of hydrogen-bond donors (Lipinski definition) is 1. The third kappa shape index (κ3) is 2.90. The number of hydrogen-bond acceptors (Lipinski definition) is 6. The van der Waals surface area contributed by atoms with Crippen LogP contribution in [0.1, 0.15) is 0 Å². The van der Waals surface area contributed by atoms with E-state index in [2.05, 4.69) is 15.3 Å². The lowest BCUT2D eigenvalue weighted by Gasteiger charge is -2.12. The fourth-order valence-corrected chi connectivity index (χ4v) is 2.72. The number of benzene rings is 1. The quantitative estimate of drug-likeness (QED) is 0.595. The first-order chi connectivity index (χ1) is 12.8. The van der Waals surface area contributed by atoms with Crippen molar-refractivity contribution in [2.75, 3.05) is 19.5 Å². The van der Waals surface area contributed by atoms with Crippen LogP contribution < -0.4 is 14.8 Å². The Kier molecular flexibility index (Phi) is 4.10. The Morgan fingerprint density at radius 2 is 1.88 bits per heavy atom. The number of pyridine rings is 1. The number of nitrogens with one attached hydrogen (secondary N) is 1. The highest BCUT2D eigenvalue weighted by Crippen LogP contribution is 2.32. The Hall–Kier alpha value is -3.61. The molecule has 4 rings (SSSR count). The van der Waals surface area contributed by atoms with Crippen molar-refractivity contribution in [2.24, 2.45) is 0 Å². The second kappa shape index (κ2) is 6.72. The zero-order valence-electron chi connectivity index (χ0n) is 14.4. The number of ether oxygens (including phenoxy) is 2. The van der Waals surface area contributed by atoms with Crippen LogP contribution in [0, 0.1) is 0 Å². The molecule has 0 aliphatic rings. The normalized spacial score (nSPS) is 10.7. The summed E-state index contributed by atoms with van der Waals surface area (Å²) < 4.78 is 12.6. The van der Waals surface area contributed by atoms with Gasteiger partial charge in [-0.1, -0.05) is 0 Å². The fraction of sp³-hybridized carbons (Fsp3) is 0.105. The molecule has 3 aromatic heterocycles. The van der Waals surface area contributed by atoms with Crippen LogP contribution in [-0.2, 0) is 0 Å². The van der Waals surface area contributed by atoms with Gasteiger partial charge in [-0.25, -0.2) is 9.97 Å². The van der Waals surface area contributed by atoms with Crippen molar-refractivity contribution in [3.63, 3.8) is 0 Å². The van der Waals surface area contributed by atoms with Gasteiger partial charge in [-0.05, 0) is 30.3 Å². The summed E-state index contributed by atoms with van der Waals surface area (Å²) >= 11 is 0. The van der Waals surface area contributed by atoms with Gasteiger partial charge in [0.15, 0.2) is 11.5 Å². The molecule has 130 valence electrons. The van der Waals surface area contributed by atoms with Crippen LogP contribution in [0.2, 0.25) is 0 Å². The highest BCUT2D eigenvalue weighted by Gasteiger charge is 2.11. The van der Waals surface area contributed by atoms with Crippen molar-refractivity contribution in [1.82, 2.24) is 19.4 Å². The Labute approximate surface area is 150 Å². The van der Waals surface area contributed by atoms with E-state index in [4.69, 9.17) is 14.5 Å². The lowest BCUT2D eigenvalue weighted by molar-refractivity contribution is 0.355. The van der Waals surface area contributed by atoms with Gasteiger partial charge in [0.25, 0.3) is 0 Å². The van der Waals surface area contributed by atoms with Gasteiger partial charge in [0.1, 0.15) is 5.65 Å². The number of aromatic nitrogens is 4. The van der Waals surface area contributed by atoms with Crippen LogP contribution in [0.25, 0.3) is 16.9 Å². The van der Waals surface area contributed by atoms with Crippen LogP contribution in [0.5, 0.6) is 11.5 Å². The van der Waals surface area contributed by atoms with Gasteiger partial charge in [0.2, 0.25) is 5.95 Å². The van der Waals surface area contributed by atoms with Crippen LogP contribution in [0.3, 0.4) is 0 Å². The molecule has 0 aliphatic heterocycles. The average Bonchev–Trinajstić information content (AvgIpc) is 3.17. The molecule has 7 nitrogen and oxygen atoms in total. The van der Waals surface area contributed by atoms with E-state index < -0.39 is 0 Å². The molecule has 0 bridgehead atoms. The minimum Gasteiger partial charge on any atom is -0.493 e. The second-order valence-corrected chi connectivity index (χ2v) is 5.56. The van der Waals surface area contributed by atoms with Gasteiger partial charge in [-0.3, -0.25) is 9.38 Å². The predicted molar refractivity (Wildman–Crippen MR) is 99.0 cm³/mol. The second-order valence-electron chi connectivity index (χ2n) is 5.56. The Balaban J connectivity index is 1.81.